The number of amides is 1. The van der Waals surface area contributed by atoms with Crippen LogP contribution in [0.3, 0.4) is 0 Å². The SMILES string of the molecule is O=C(Cc1coc2ccc3ccccc3c12)N1CCCc2ccccc21. The second kappa shape index (κ2) is 6.03. The Morgan fingerprint density at radius 1 is 1.00 bits per heavy atom. The molecule has 1 aromatic heterocycles. The summed E-state index contributed by atoms with van der Waals surface area (Å²) < 4.78 is 5.74. The number of hydrogen-bond acceptors (Lipinski definition) is 2. The number of hydrogen-bond donors (Lipinski definition) is 0. The maximum atomic E-state index is 13.1. The largest absolute Gasteiger partial charge is 0.464 e. The standard InChI is InChI=1S/C23H19NO2/c25-22(24-13-5-8-17-7-2-4-10-20(17)24)14-18-15-26-21-12-11-16-6-1-3-9-19(16)23(18)21/h1-4,6-7,9-12,15H,5,8,13-14H2. The Labute approximate surface area is 151 Å². The lowest BCUT2D eigenvalue weighted by Gasteiger charge is -2.29. The van der Waals surface area contributed by atoms with Gasteiger partial charge in [0.1, 0.15) is 5.58 Å². The maximum absolute atomic E-state index is 13.1. The Balaban J connectivity index is 1.54. The molecule has 0 fully saturated rings. The molecule has 4 aromatic rings. The van der Waals surface area contributed by atoms with Crippen molar-refractivity contribution >= 4 is 33.3 Å². The van der Waals surface area contributed by atoms with Crippen LogP contribution < -0.4 is 4.90 Å². The van der Waals surface area contributed by atoms with Gasteiger partial charge >= 0.3 is 0 Å². The molecule has 3 nitrogen and oxygen atoms in total. The van der Waals surface area contributed by atoms with Crippen molar-refractivity contribution in [1.82, 2.24) is 0 Å². The fourth-order valence-corrected chi connectivity index (χ4v) is 4.06. The zero-order valence-electron chi connectivity index (χ0n) is 14.4. The first-order chi connectivity index (χ1) is 12.8. The highest BCUT2D eigenvalue weighted by molar-refractivity contribution is 6.09. The summed E-state index contributed by atoms with van der Waals surface area (Å²) in [4.78, 5) is 15.0. The second-order valence-electron chi connectivity index (χ2n) is 6.88. The lowest BCUT2D eigenvalue weighted by atomic mass is 9.99. The number of nitrogens with zero attached hydrogens (tertiary/aromatic N) is 1. The van der Waals surface area contributed by atoms with Crippen molar-refractivity contribution in [3.8, 4) is 0 Å². The normalized spacial score (nSPS) is 13.9. The van der Waals surface area contributed by atoms with Crippen molar-refractivity contribution in [3.63, 3.8) is 0 Å². The molecule has 5 rings (SSSR count). The molecule has 128 valence electrons. The molecule has 0 atom stereocenters. The van der Waals surface area contributed by atoms with Gasteiger partial charge in [0.2, 0.25) is 5.91 Å². The summed E-state index contributed by atoms with van der Waals surface area (Å²) in [5, 5.41) is 3.36. The van der Waals surface area contributed by atoms with Gasteiger partial charge < -0.3 is 9.32 Å². The van der Waals surface area contributed by atoms with Gasteiger partial charge in [-0.1, -0.05) is 48.5 Å². The Hall–Kier alpha value is -3.07. The average molecular weight is 341 g/mol. The summed E-state index contributed by atoms with van der Waals surface area (Å²) in [7, 11) is 0. The molecule has 0 radical (unpaired) electrons. The number of rotatable bonds is 2. The van der Waals surface area contributed by atoms with E-state index in [1.54, 1.807) is 6.26 Å². The summed E-state index contributed by atoms with van der Waals surface area (Å²) in [6.07, 6.45) is 4.15. The van der Waals surface area contributed by atoms with E-state index in [1.807, 2.05) is 35.2 Å². The molecule has 0 saturated carbocycles. The number of carbonyl (C=O) groups is 1. The molecule has 2 heterocycles. The van der Waals surface area contributed by atoms with Crippen LogP contribution in [0.15, 0.2) is 71.3 Å². The number of benzene rings is 3. The van der Waals surface area contributed by atoms with E-state index in [9.17, 15) is 4.79 Å². The van der Waals surface area contributed by atoms with Crippen molar-refractivity contribution < 1.29 is 9.21 Å². The van der Waals surface area contributed by atoms with E-state index in [0.717, 1.165) is 47.0 Å². The molecule has 3 aromatic carbocycles. The molecule has 0 aliphatic carbocycles. The topological polar surface area (TPSA) is 33.5 Å². The monoisotopic (exact) mass is 341 g/mol. The summed E-state index contributed by atoms with van der Waals surface area (Å²) in [5.41, 5.74) is 4.12. The third-order valence-corrected chi connectivity index (χ3v) is 5.29. The lowest BCUT2D eigenvalue weighted by molar-refractivity contribution is -0.118. The predicted molar refractivity (Wildman–Crippen MR) is 105 cm³/mol. The van der Waals surface area contributed by atoms with Crippen molar-refractivity contribution in [3.05, 3.63) is 78.1 Å². The maximum Gasteiger partial charge on any atom is 0.231 e. The van der Waals surface area contributed by atoms with E-state index in [-0.39, 0.29) is 5.91 Å². The van der Waals surface area contributed by atoms with Gasteiger partial charge in [0.15, 0.2) is 0 Å². The smallest absolute Gasteiger partial charge is 0.231 e. The number of fused-ring (bicyclic) bond motifs is 4. The number of furan rings is 1. The summed E-state index contributed by atoms with van der Waals surface area (Å²) >= 11 is 0. The van der Waals surface area contributed by atoms with Crippen LogP contribution in [0.1, 0.15) is 17.5 Å². The highest BCUT2D eigenvalue weighted by atomic mass is 16.3. The van der Waals surface area contributed by atoms with Crippen LogP contribution in [0.2, 0.25) is 0 Å². The minimum absolute atomic E-state index is 0.132. The van der Waals surface area contributed by atoms with Gasteiger partial charge in [-0.25, -0.2) is 0 Å². The first kappa shape index (κ1) is 15.2. The molecule has 0 spiro atoms. The van der Waals surface area contributed by atoms with E-state index in [0.29, 0.717) is 6.42 Å². The molecule has 0 saturated heterocycles. The van der Waals surface area contributed by atoms with Gasteiger partial charge in [0, 0.05) is 23.2 Å². The van der Waals surface area contributed by atoms with Crippen molar-refractivity contribution in [1.29, 1.82) is 0 Å². The zero-order chi connectivity index (χ0) is 17.5. The van der Waals surface area contributed by atoms with Gasteiger partial charge in [-0.05, 0) is 41.3 Å². The summed E-state index contributed by atoms with van der Waals surface area (Å²) in [6.45, 7) is 0.784. The quantitative estimate of drug-likeness (QED) is 0.508. The van der Waals surface area contributed by atoms with Gasteiger partial charge in [-0.2, -0.15) is 0 Å². The molecule has 0 N–H and O–H groups in total. The predicted octanol–water partition coefficient (Wildman–Crippen LogP) is 5.11. The van der Waals surface area contributed by atoms with E-state index in [4.69, 9.17) is 4.42 Å². The number of para-hydroxylation sites is 1. The van der Waals surface area contributed by atoms with Gasteiger partial charge in [0.25, 0.3) is 0 Å². The third-order valence-electron chi connectivity index (χ3n) is 5.29. The molecule has 26 heavy (non-hydrogen) atoms. The zero-order valence-corrected chi connectivity index (χ0v) is 14.4. The molecule has 1 aliphatic heterocycles. The highest BCUT2D eigenvalue weighted by Gasteiger charge is 2.23. The first-order valence-corrected chi connectivity index (χ1v) is 9.07. The van der Waals surface area contributed by atoms with E-state index in [1.165, 1.54) is 10.9 Å². The number of aryl methyl sites for hydroxylation is 1. The van der Waals surface area contributed by atoms with Crippen LogP contribution in [0.4, 0.5) is 5.69 Å². The van der Waals surface area contributed by atoms with Crippen LogP contribution in [0.5, 0.6) is 0 Å². The Morgan fingerprint density at radius 3 is 2.81 bits per heavy atom. The molecule has 0 bridgehead atoms. The van der Waals surface area contributed by atoms with E-state index < -0.39 is 0 Å². The van der Waals surface area contributed by atoms with Gasteiger partial charge in [0.05, 0.1) is 12.7 Å². The Bertz CT molecular complexity index is 1130. The Morgan fingerprint density at radius 2 is 1.85 bits per heavy atom. The fourth-order valence-electron chi connectivity index (χ4n) is 4.06. The molecular weight excluding hydrogens is 322 g/mol. The molecule has 1 aliphatic rings. The molecule has 0 unspecified atom stereocenters. The highest BCUT2D eigenvalue weighted by Crippen LogP contribution is 2.32. The van der Waals surface area contributed by atoms with Gasteiger partial charge in [-0.15, -0.1) is 0 Å². The number of anilines is 1. The van der Waals surface area contributed by atoms with Crippen molar-refractivity contribution in [2.75, 3.05) is 11.4 Å². The Kier molecular flexibility index (Phi) is 3.52. The minimum atomic E-state index is 0.132. The lowest BCUT2D eigenvalue weighted by Crippen LogP contribution is -2.36. The minimum Gasteiger partial charge on any atom is -0.464 e. The van der Waals surface area contributed by atoms with Crippen molar-refractivity contribution in [2.45, 2.75) is 19.3 Å². The molecular formula is C23H19NO2. The van der Waals surface area contributed by atoms with Crippen LogP contribution in [-0.2, 0) is 17.6 Å². The van der Waals surface area contributed by atoms with Crippen LogP contribution in [0.25, 0.3) is 21.7 Å². The van der Waals surface area contributed by atoms with Crippen LogP contribution in [-0.4, -0.2) is 12.5 Å². The van der Waals surface area contributed by atoms with Gasteiger partial charge in [-0.3, -0.25) is 4.79 Å². The van der Waals surface area contributed by atoms with Crippen LogP contribution in [0, 0.1) is 0 Å². The van der Waals surface area contributed by atoms with E-state index >= 15 is 0 Å². The third kappa shape index (κ3) is 2.39. The fraction of sp³-hybridized carbons (Fsp3) is 0.174. The van der Waals surface area contributed by atoms with Crippen LogP contribution >= 0.6 is 0 Å². The first-order valence-electron chi connectivity index (χ1n) is 9.07. The average Bonchev–Trinajstić information content (AvgIpc) is 3.11. The van der Waals surface area contributed by atoms with Crippen molar-refractivity contribution in [2.24, 2.45) is 0 Å². The summed E-state index contributed by atoms with van der Waals surface area (Å²) in [6, 6.07) is 20.5. The second-order valence-corrected chi connectivity index (χ2v) is 6.88. The van der Waals surface area contributed by atoms with E-state index in [2.05, 4.69) is 30.3 Å². The molecule has 3 heteroatoms. The molecule has 1 amide bonds. The summed E-state index contributed by atoms with van der Waals surface area (Å²) in [5.74, 6) is 0.132. The number of carbonyl (C=O) groups excluding carboxylic acids is 1.